The molecule has 4 aromatic carbocycles. The predicted octanol–water partition coefficient (Wildman–Crippen LogP) is 7.56. The molecule has 8 heteroatoms. The van der Waals surface area contributed by atoms with E-state index in [9.17, 15) is 18.7 Å². The molecule has 218 valence electrons. The van der Waals surface area contributed by atoms with E-state index < -0.39 is 17.4 Å². The van der Waals surface area contributed by atoms with Crippen LogP contribution in [-0.2, 0) is 4.74 Å². The Bertz CT molecular complexity index is 1540. The number of carbonyl (C=O) groups excluding carboxylic acids is 1. The highest BCUT2D eigenvalue weighted by atomic mass is 35.5. The van der Waals surface area contributed by atoms with Crippen LogP contribution in [0.5, 0.6) is 0 Å². The minimum absolute atomic E-state index is 0. The van der Waals surface area contributed by atoms with Crippen molar-refractivity contribution in [1.82, 2.24) is 4.90 Å². The third kappa shape index (κ3) is 5.40. The topological polar surface area (TPSA) is 53.0 Å². The van der Waals surface area contributed by atoms with Gasteiger partial charge in [0.2, 0.25) is 0 Å². The molecule has 1 amide bonds. The summed E-state index contributed by atoms with van der Waals surface area (Å²) in [6.07, 6.45) is 3.28. The van der Waals surface area contributed by atoms with Crippen molar-refractivity contribution in [2.24, 2.45) is 0 Å². The van der Waals surface area contributed by atoms with Crippen molar-refractivity contribution in [1.29, 1.82) is 0 Å². The maximum Gasteiger partial charge on any atom is 0.417 e. The van der Waals surface area contributed by atoms with Crippen LogP contribution < -0.4 is 4.90 Å². The van der Waals surface area contributed by atoms with Crippen LogP contribution in [0.3, 0.4) is 0 Å². The second-order valence-corrected chi connectivity index (χ2v) is 11.0. The number of hydrogen-bond acceptors (Lipinski definition) is 4. The summed E-state index contributed by atoms with van der Waals surface area (Å²) in [6, 6.07) is 26.1. The fourth-order valence-electron chi connectivity index (χ4n) is 6.19. The summed E-state index contributed by atoms with van der Waals surface area (Å²) in [5.41, 5.74) is 0.740. The molecule has 2 aliphatic heterocycles. The molecular weight excluding hydrogens is 558 g/mol. The molecule has 4 aromatic rings. The van der Waals surface area contributed by atoms with Crippen LogP contribution in [-0.4, -0.2) is 47.1 Å². The number of aliphatic hydroxyl groups is 1. The van der Waals surface area contributed by atoms with Gasteiger partial charge in [0.25, 0.3) is 0 Å². The van der Waals surface area contributed by atoms with E-state index in [1.807, 2.05) is 42.5 Å². The zero-order valence-electron chi connectivity index (χ0n) is 23.3. The zero-order valence-corrected chi connectivity index (χ0v) is 24.1. The van der Waals surface area contributed by atoms with E-state index in [0.29, 0.717) is 31.6 Å². The Labute approximate surface area is 250 Å². The molecule has 1 spiro atoms. The zero-order chi connectivity index (χ0) is 28.6. The van der Waals surface area contributed by atoms with Crippen molar-refractivity contribution in [3.05, 3.63) is 120 Å². The van der Waals surface area contributed by atoms with Crippen LogP contribution in [0.1, 0.15) is 37.3 Å². The number of rotatable bonds is 6. The minimum atomic E-state index is -1.52. The van der Waals surface area contributed by atoms with Crippen LogP contribution in [0.15, 0.2) is 97.1 Å². The number of anilines is 1. The SMILES string of the molecule is CC1(O)N(c2cccc3ccccc23)C(=O)OC12CCN(CCC=C(c1ccc(F)cc1)c1ccc(F)cc1)CC2.Cl. The molecule has 0 saturated carbocycles. The molecule has 2 saturated heterocycles. The monoisotopic (exact) mass is 590 g/mol. The molecule has 1 atom stereocenters. The summed E-state index contributed by atoms with van der Waals surface area (Å²) in [5.74, 6) is -0.617. The van der Waals surface area contributed by atoms with Crippen LogP contribution in [0.4, 0.5) is 19.3 Å². The van der Waals surface area contributed by atoms with E-state index in [-0.39, 0.29) is 24.0 Å². The van der Waals surface area contributed by atoms with E-state index in [4.69, 9.17) is 4.74 Å². The van der Waals surface area contributed by atoms with Gasteiger partial charge in [-0.05, 0) is 65.8 Å². The highest BCUT2D eigenvalue weighted by Crippen LogP contribution is 2.47. The summed E-state index contributed by atoms with van der Waals surface area (Å²) in [6.45, 7) is 3.74. The van der Waals surface area contributed by atoms with Gasteiger partial charge in [0, 0.05) is 37.9 Å². The van der Waals surface area contributed by atoms with Crippen molar-refractivity contribution < 1.29 is 23.4 Å². The fraction of sp³-hybridized carbons (Fsp3) is 0.265. The third-order valence-corrected chi connectivity index (χ3v) is 8.54. The first-order valence-electron chi connectivity index (χ1n) is 14.0. The standard InChI is InChI=1S/C34H32F2N2O3.ClH/c1-33(40)34(41-32(39)38(33)31-10-4-7-24-6-2-3-8-30(24)31)19-22-37(23-20-34)21-5-9-29(25-11-15-27(35)16-12-25)26-13-17-28(36)18-14-26;/h2-4,6-18,40H,5,19-23H2,1H3;1H. The Kier molecular flexibility index (Phi) is 8.37. The Balaban J connectivity index is 0.00000353. The highest BCUT2D eigenvalue weighted by molar-refractivity contribution is 6.03. The van der Waals surface area contributed by atoms with Gasteiger partial charge in [-0.2, -0.15) is 0 Å². The normalized spacial score (nSPS) is 19.9. The Morgan fingerprint density at radius 3 is 2.07 bits per heavy atom. The average molecular weight is 591 g/mol. The lowest BCUT2D eigenvalue weighted by atomic mass is 9.81. The van der Waals surface area contributed by atoms with Gasteiger partial charge < -0.3 is 14.7 Å². The number of nitrogens with zero attached hydrogens (tertiary/aromatic N) is 2. The van der Waals surface area contributed by atoms with Gasteiger partial charge in [0.05, 0.1) is 5.69 Å². The summed E-state index contributed by atoms with van der Waals surface area (Å²) >= 11 is 0. The van der Waals surface area contributed by atoms with E-state index in [1.54, 1.807) is 31.2 Å². The molecule has 2 fully saturated rings. The number of fused-ring (bicyclic) bond motifs is 1. The molecule has 1 unspecified atom stereocenters. The quantitative estimate of drug-likeness (QED) is 0.252. The molecule has 2 aliphatic rings. The lowest BCUT2D eigenvalue weighted by Gasteiger charge is -2.45. The Morgan fingerprint density at radius 2 is 1.45 bits per heavy atom. The number of ether oxygens (including phenoxy) is 1. The molecule has 1 N–H and O–H groups in total. The molecule has 0 aromatic heterocycles. The van der Waals surface area contributed by atoms with Crippen molar-refractivity contribution >= 4 is 40.5 Å². The molecule has 6 rings (SSSR count). The van der Waals surface area contributed by atoms with Crippen LogP contribution in [0, 0.1) is 11.6 Å². The van der Waals surface area contributed by atoms with Gasteiger partial charge >= 0.3 is 6.09 Å². The number of carbonyl (C=O) groups is 1. The Hall–Kier alpha value is -3.78. The number of piperidine rings is 1. The molecule has 42 heavy (non-hydrogen) atoms. The highest BCUT2D eigenvalue weighted by Gasteiger charge is 2.63. The predicted molar refractivity (Wildman–Crippen MR) is 164 cm³/mol. The maximum atomic E-state index is 13.6. The smallest absolute Gasteiger partial charge is 0.417 e. The molecule has 5 nitrogen and oxygen atoms in total. The lowest BCUT2D eigenvalue weighted by Crippen LogP contribution is -2.60. The van der Waals surface area contributed by atoms with Crippen molar-refractivity contribution in [2.45, 2.75) is 37.5 Å². The van der Waals surface area contributed by atoms with E-state index in [0.717, 1.165) is 40.4 Å². The second kappa shape index (κ2) is 11.8. The number of hydrogen-bond donors (Lipinski definition) is 1. The first-order valence-corrected chi connectivity index (χ1v) is 14.0. The van der Waals surface area contributed by atoms with Crippen LogP contribution in [0.25, 0.3) is 16.3 Å². The van der Waals surface area contributed by atoms with Gasteiger partial charge in [-0.1, -0.05) is 66.7 Å². The first-order chi connectivity index (χ1) is 19.8. The van der Waals surface area contributed by atoms with Gasteiger partial charge in [0.1, 0.15) is 11.6 Å². The summed E-state index contributed by atoms with van der Waals surface area (Å²) < 4.78 is 33.1. The molecule has 0 radical (unpaired) electrons. The molecule has 0 aliphatic carbocycles. The largest absolute Gasteiger partial charge is 0.437 e. The summed E-state index contributed by atoms with van der Waals surface area (Å²) in [7, 11) is 0. The number of likely N-dealkylation sites (tertiary alicyclic amines) is 1. The van der Waals surface area contributed by atoms with Crippen molar-refractivity contribution in [2.75, 3.05) is 24.5 Å². The first kappa shape index (κ1) is 29.7. The fourth-order valence-corrected chi connectivity index (χ4v) is 6.19. The summed E-state index contributed by atoms with van der Waals surface area (Å²) in [4.78, 5) is 16.9. The van der Waals surface area contributed by atoms with Crippen LogP contribution in [0.2, 0.25) is 0 Å². The third-order valence-electron chi connectivity index (χ3n) is 8.54. The average Bonchev–Trinajstić information content (AvgIpc) is 3.16. The Morgan fingerprint density at radius 1 is 0.881 bits per heavy atom. The molecular formula is C34H33ClF2N2O3. The lowest BCUT2D eigenvalue weighted by molar-refractivity contribution is -0.124. The molecule has 2 heterocycles. The minimum Gasteiger partial charge on any atom is -0.437 e. The van der Waals surface area contributed by atoms with E-state index >= 15 is 0 Å². The molecule has 0 bridgehead atoms. The van der Waals surface area contributed by atoms with Crippen LogP contribution >= 0.6 is 12.4 Å². The second-order valence-electron chi connectivity index (χ2n) is 11.0. The number of benzene rings is 4. The number of halogens is 3. The summed E-state index contributed by atoms with van der Waals surface area (Å²) in [5, 5.41) is 13.7. The van der Waals surface area contributed by atoms with Gasteiger partial charge in [-0.25, -0.2) is 18.5 Å². The van der Waals surface area contributed by atoms with Crippen molar-refractivity contribution in [3.8, 4) is 0 Å². The van der Waals surface area contributed by atoms with Gasteiger partial charge in [-0.3, -0.25) is 0 Å². The van der Waals surface area contributed by atoms with Crippen molar-refractivity contribution in [3.63, 3.8) is 0 Å². The van der Waals surface area contributed by atoms with E-state index in [1.165, 1.54) is 29.2 Å². The number of amides is 1. The van der Waals surface area contributed by atoms with Gasteiger partial charge in [0.15, 0.2) is 11.3 Å². The van der Waals surface area contributed by atoms with E-state index in [2.05, 4.69) is 11.0 Å². The maximum absolute atomic E-state index is 13.6. The van der Waals surface area contributed by atoms with Gasteiger partial charge in [-0.15, -0.1) is 12.4 Å².